The van der Waals surface area contributed by atoms with Crippen LogP contribution in [-0.4, -0.2) is 26.7 Å². The second kappa shape index (κ2) is 5.24. The molecule has 0 aliphatic rings. The van der Waals surface area contributed by atoms with E-state index in [4.69, 9.17) is 0 Å². The van der Waals surface area contributed by atoms with Crippen LogP contribution in [0.3, 0.4) is 0 Å². The average Bonchev–Trinajstić information content (AvgIpc) is 2.18. The molecule has 0 aliphatic carbocycles. The molecule has 0 saturated heterocycles. The van der Waals surface area contributed by atoms with Crippen molar-refractivity contribution in [3.05, 3.63) is 24.3 Å². The highest BCUT2D eigenvalue weighted by molar-refractivity contribution is 5.89. The van der Waals surface area contributed by atoms with E-state index in [9.17, 15) is 4.79 Å². The van der Waals surface area contributed by atoms with Crippen molar-refractivity contribution in [1.29, 1.82) is 0 Å². The van der Waals surface area contributed by atoms with Crippen molar-refractivity contribution >= 4 is 17.4 Å². The van der Waals surface area contributed by atoms with E-state index >= 15 is 0 Å². The predicted molar refractivity (Wildman–Crippen MR) is 63.5 cm³/mol. The first kappa shape index (κ1) is 11.4. The van der Waals surface area contributed by atoms with Gasteiger partial charge in [-0.15, -0.1) is 0 Å². The predicted octanol–water partition coefficient (Wildman–Crippen LogP) is 1.89. The van der Waals surface area contributed by atoms with Crippen LogP contribution in [-0.2, 0) is 0 Å². The number of carbonyl (C=O) groups excluding carboxylic acids is 1. The average molecular weight is 207 g/mol. The topological polar surface area (TPSA) is 44.4 Å². The SMILES string of the molecule is CCNC(=O)Nc1cccc(N(C)C)c1. The minimum absolute atomic E-state index is 0.173. The Morgan fingerprint density at radius 2 is 2.13 bits per heavy atom. The maximum absolute atomic E-state index is 11.3. The summed E-state index contributed by atoms with van der Waals surface area (Å²) in [5.74, 6) is 0. The van der Waals surface area contributed by atoms with Gasteiger partial charge in [-0.1, -0.05) is 6.07 Å². The van der Waals surface area contributed by atoms with Gasteiger partial charge in [0.05, 0.1) is 0 Å². The Kier molecular flexibility index (Phi) is 3.97. The van der Waals surface area contributed by atoms with Crippen molar-refractivity contribution in [2.45, 2.75) is 6.92 Å². The van der Waals surface area contributed by atoms with Crippen LogP contribution >= 0.6 is 0 Å². The third-order valence-corrected chi connectivity index (χ3v) is 1.96. The van der Waals surface area contributed by atoms with Crippen LogP contribution in [0.4, 0.5) is 16.2 Å². The minimum Gasteiger partial charge on any atom is -0.378 e. The summed E-state index contributed by atoms with van der Waals surface area (Å²) >= 11 is 0. The van der Waals surface area contributed by atoms with E-state index in [2.05, 4.69) is 10.6 Å². The number of nitrogens with one attached hydrogen (secondary N) is 2. The number of rotatable bonds is 3. The summed E-state index contributed by atoms with van der Waals surface area (Å²) in [6, 6.07) is 7.52. The lowest BCUT2D eigenvalue weighted by Gasteiger charge is -2.14. The van der Waals surface area contributed by atoms with Crippen LogP contribution < -0.4 is 15.5 Å². The largest absolute Gasteiger partial charge is 0.378 e. The van der Waals surface area contributed by atoms with Gasteiger partial charge in [-0.05, 0) is 25.1 Å². The molecule has 0 radical (unpaired) electrons. The highest BCUT2D eigenvalue weighted by atomic mass is 16.2. The first-order chi connectivity index (χ1) is 7.13. The molecular formula is C11H17N3O. The molecule has 0 bridgehead atoms. The number of benzene rings is 1. The molecule has 0 aromatic heterocycles. The molecule has 0 fully saturated rings. The Hall–Kier alpha value is -1.71. The molecule has 0 spiro atoms. The van der Waals surface area contributed by atoms with Gasteiger partial charge in [0, 0.05) is 32.0 Å². The lowest BCUT2D eigenvalue weighted by atomic mass is 10.2. The Bertz CT molecular complexity index is 336. The molecule has 1 aromatic carbocycles. The van der Waals surface area contributed by atoms with Gasteiger partial charge >= 0.3 is 6.03 Å². The van der Waals surface area contributed by atoms with Crippen LogP contribution in [0.15, 0.2) is 24.3 Å². The van der Waals surface area contributed by atoms with Gasteiger partial charge in [-0.2, -0.15) is 0 Å². The maximum atomic E-state index is 11.3. The van der Waals surface area contributed by atoms with Crippen molar-refractivity contribution in [3.63, 3.8) is 0 Å². The standard InChI is InChI=1S/C11H17N3O/c1-4-12-11(15)13-9-6-5-7-10(8-9)14(2)3/h5-8H,4H2,1-3H3,(H2,12,13,15). The summed E-state index contributed by atoms with van der Waals surface area (Å²) < 4.78 is 0. The number of carbonyl (C=O) groups is 1. The van der Waals surface area contributed by atoms with Crippen molar-refractivity contribution in [2.75, 3.05) is 30.9 Å². The van der Waals surface area contributed by atoms with Crippen molar-refractivity contribution < 1.29 is 4.79 Å². The van der Waals surface area contributed by atoms with Gasteiger partial charge in [-0.25, -0.2) is 4.79 Å². The molecule has 2 amide bonds. The summed E-state index contributed by atoms with van der Waals surface area (Å²) in [5, 5.41) is 5.44. The maximum Gasteiger partial charge on any atom is 0.319 e. The van der Waals surface area contributed by atoms with Gasteiger partial charge in [0.1, 0.15) is 0 Å². The van der Waals surface area contributed by atoms with E-state index < -0.39 is 0 Å². The second-order valence-electron chi connectivity index (χ2n) is 3.43. The van der Waals surface area contributed by atoms with Gasteiger partial charge in [-0.3, -0.25) is 0 Å². The normalized spacial score (nSPS) is 9.53. The smallest absolute Gasteiger partial charge is 0.319 e. The molecule has 0 unspecified atom stereocenters. The number of hydrogen-bond donors (Lipinski definition) is 2. The van der Waals surface area contributed by atoms with E-state index in [1.54, 1.807) is 0 Å². The Morgan fingerprint density at radius 3 is 2.73 bits per heavy atom. The quantitative estimate of drug-likeness (QED) is 0.795. The molecule has 1 rings (SSSR count). The summed E-state index contributed by atoms with van der Waals surface area (Å²) in [7, 11) is 3.93. The monoisotopic (exact) mass is 207 g/mol. The van der Waals surface area contributed by atoms with Crippen molar-refractivity contribution in [1.82, 2.24) is 5.32 Å². The Morgan fingerprint density at radius 1 is 1.40 bits per heavy atom. The fourth-order valence-electron chi connectivity index (χ4n) is 1.20. The number of amides is 2. The van der Waals surface area contributed by atoms with Gasteiger partial charge in [0.2, 0.25) is 0 Å². The summed E-state index contributed by atoms with van der Waals surface area (Å²) in [6.07, 6.45) is 0. The Labute approximate surface area is 90.3 Å². The van der Waals surface area contributed by atoms with E-state index in [-0.39, 0.29) is 6.03 Å². The van der Waals surface area contributed by atoms with E-state index in [0.717, 1.165) is 11.4 Å². The summed E-state index contributed by atoms with van der Waals surface area (Å²) in [4.78, 5) is 13.2. The molecule has 82 valence electrons. The van der Waals surface area contributed by atoms with Crippen LogP contribution in [0.1, 0.15) is 6.92 Å². The van der Waals surface area contributed by atoms with Crippen molar-refractivity contribution in [2.24, 2.45) is 0 Å². The highest BCUT2D eigenvalue weighted by Crippen LogP contribution is 2.16. The molecular weight excluding hydrogens is 190 g/mol. The molecule has 4 nitrogen and oxygen atoms in total. The van der Waals surface area contributed by atoms with Crippen LogP contribution in [0.5, 0.6) is 0 Å². The first-order valence-corrected chi connectivity index (χ1v) is 4.95. The molecule has 4 heteroatoms. The lowest BCUT2D eigenvalue weighted by Crippen LogP contribution is -2.28. The van der Waals surface area contributed by atoms with Crippen LogP contribution in [0, 0.1) is 0 Å². The zero-order chi connectivity index (χ0) is 11.3. The number of nitrogens with zero attached hydrogens (tertiary/aromatic N) is 1. The molecule has 1 aromatic rings. The fourth-order valence-corrected chi connectivity index (χ4v) is 1.20. The van der Waals surface area contributed by atoms with Gasteiger partial charge in [0.15, 0.2) is 0 Å². The van der Waals surface area contributed by atoms with Gasteiger partial charge < -0.3 is 15.5 Å². The van der Waals surface area contributed by atoms with E-state index in [1.165, 1.54) is 0 Å². The minimum atomic E-state index is -0.173. The molecule has 0 aliphatic heterocycles. The lowest BCUT2D eigenvalue weighted by molar-refractivity contribution is 0.252. The van der Waals surface area contributed by atoms with E-state index in [0.29, 0.717) is 6.54 Å². The number of anilines is 2. The molecule has 0 atom stereocenters. The zero-order valence-corrected chi connectivity index (χ0v) is 9.37. The second-order valence-corrected chi connectivity index (χ2v) is 3.43. The number of hydrogen-bond acceptors (Lipinski definition) is 2. The van der Waals surface area contributed by atoms with Crippen LogP contribution in [0.2, 0.25) is 0 Å². The number of urea groups is 1. The zero-order valence-electron chi connectivity index (χ0n) is 9.37. The van der Waals surface area contributed by atoms with Crippen molar-refractivity contribution in [3.8, 4) is 0 Å². The van der Waals surface area contributed by atoms with Crippen LogP contribution in [0.25, 0.3) is 0 Å². The molecule has 15 heavy (non-hydrogen) atoms. The molecule has 0 heterocycles. The summed E-state index contributed by atoms with van der Waals surface area (Å²) in [5.41, 5.74) is 1.86. The third kappa shape index (κ3) is 3.50. The highest BCUT2D eigenvalue weighted by Gasteiger charge is 2.01. The summed E-state index contributed by atoms with van der Waals surface area (Å²) in [6.45, 7) is 2.51. The third-order valence-electron chi connectivity index (χ3n) is 1.96. The molecule has 0 saturated carbocycles. The van der Waals surface area contributed by atoms with E-state index in [1.807, 2.05) is 50.2 Å². The molecule has 2 N–H and O–H groups in total. The fraction of sp³-hybridized carbons (Fsp3) is 0.364. The Balaban J connectivity index is 2.69. The van der Waals surface area contributed by atoms with Gasteiger partial charge in [0.25, 0.3) is 0 Å². The first-order valence-electron chi connectivity index (χ1n) is 4.95.